The Bertz CT molecular complexity index is 1040. The van der Waals surface area contributed by atoms with Crippen LogP contribution in [-0.4, -0.2) is 50.6 Å². The first kappa shape index (κ1) is 23.0. The molecule has 4 rings (SSSR count). The van der Waals surface area contributed by atoms with E-state index in [1.165, 1.54) is 11.8 Å². The highest BCUT2D eigenvalue weighted by atomic mass is 32.2. The average Bonchev–Trinajstić information content (AvgIpc) is 3.29. The molecule has 2 aliphatic rings. The lowest BCUT2D eigenvalue weighted by molar-refractivity contribution is 0.0196. The summed E-state index contributed by atoms with van der Waals surface area (Å²) in [4.78, 5) is 7.05. The van der Waals surface area contributed by atoms with Gasteiger partial charge in [0.2, 0.25) is 0 Å². The quantitative estimate of drug-likeness (QED) is 0.604. The van der Waals surface area contributed by atoms with E-state index in [0.717, 1.165) is 63.2 Å². The van der Waals surface area contributed by atoms with E-state index in [1.54, 1.807) is 12.1 Å². The smallest absolute Gasteiger partial charge is 0.324 e. The second-order valence-electron chi connectivity index (χ2n) is 9.28. The Morgan fingerprint density at radius 2 is 1.88 bits per heavy atom. The number of aromatic nitrogens is 2. The number of benzene rings is 1. The molecule has 7 nitrogen and oxygen atoms in total. The molecular weight excluding hydrogens is 426 g/mol. The molecule has 1 aromatic heterocycles. The SMILES string of the molecule is CC(C)c1noc(N2CCC(COC3CC=C(c4ccc(S(C)(=O)=O)cc4)CC3)CC2)n1. The lowest BCUT2D eigenvalue weighted by Gasteiger charge is -2.31. The Hall–Kier alpha value is -2.19. The van der Waals surface area contributed by atoms with E-state index in [9.17, 15) is 8.42 Å². The monoisotopic (exact) mass is 459 g/mol. The Morgan fingerprint density at radius 3 is 2.44 bits per heavy atom. The Labute approximate surface area is 190 Å². The van der Waals surface area contributed by atoms with Gasteiger partial charge in [-0.25, -0.2) is 8.42 Å². The number of hydrogen-bond donors (Lipinski definition) is 0. The third kappa shape index (κ3) is 5.59. The van der Waals surface area contributed by atoms with Crippen LogP contribution >= 0.6 is 0 Å². The minimum Gasteiger partial charge on any atom is -0.378 e. The number of piperidine rings is 1. The van der Waals surface area contributed by atoms with Gasteiger partial charge in [0.15, 0.2) is 15.7 Å². The number of rotatable bonds is 7. The number of hydrogen-bond acceptors (Lipinski definition) is 7. The van der Waals surface area contributed by atoms with Crippen LogP contribution in [0.3, 0.4) is 0 Å². The Morgan fingerprint density at radius 1 is 1.16 bits per heavy atom. The molecule has 0 spiro atoms. The Kier molecular flexibility index (Phi) is 7.00. The topological polar surface area (TPSA) is 85.5 Å². The van der Waals surface area contributed by atoms with Crippen molar-refractivity contribution in [3.63, 3.8) is 0 Å². The normalized spacial score (nSPS) is 20.6. The van der Waals surface area contributed by atoms with Gasteiger partial charge in [0.05, 0.1) is 11.0 Å². The summed E-state index contributed by atoms with van der Waals surface area (Å²) in [6, 6.07) is 7.84. The van der Waals surface area contributed by atoms with E-state index in [2.05, 4.69) is 35.0 Å². The van der Waals surface area contributed by atoms with Gasteiger partial charge in [-0.1, -0.05) is 37.2 Å². The summed E-state index contributed by atoms with van der Waals surface area (Å²) in [5, 5.41) is 4.07. The zero-order valence-corrected chi connectivity index (χ0v) is 20.0. The van der Waals surface area contributed by atoms with E-state index in [0.29, 0.717) is 16.8 Å². The molecule has 0 N–H and O–H groups in total. The van der Waals surface area contributed by atoms with Crippen molar-refractivity contribution in [1.29, 1.82) is 0 Å². The molecule has 0 bridgehead atoms. The highest BCUT2D eigenvalue weighted by Crippen LogP contribution is 2.30. The zero-order valence-electron chi connectivity index (χ0n) is 19.2. The molecule has 32 heavy (non-hydrogen) atoms. The number of sulfone groups is 1. The van der Waals surface area contributed by atoms with Crippen LogP contribution in [0.4, 0.5) is 6.01 Å². The molecule has 1 aliphatic heterocycles. The standard InChI is InChI=1S/C24H33N3O4S/c1-17(2)23-25-24(31-26-23)27-14-12-18(13-15-27)16-30-21-8-4-19(5-9-21)20-6-10-22(11-7-20)32(3,28)29/h4,6-7,10-11,17-18,21H,5,8-9,12-16H2,1-3H3. The van der Waals surface area contributed by atoms with Gasteiger partial charge in [-0.05, 0) is 61.3 Å². The molecule has 0 radical (unpaired) electrons. The number of nitrogens with zero attached hydrogens (tertiary/aromatic N) is 3. The van der Waals surface area contributed by atoms with Crippen LogP contribution in [0.1, 0.15) is 63.3 Å². The summed E-state index contributed by atoms with van der Waals surface area (Å²) < 4.78 is 34.9. The van der Waals surface area contributed by atoms with Gasteiger partial charge in [0.25, 0.3) is 0 Å². The van der Waals surface area contributed by atoms with Crippen LogP contribution < -0.4 is 4.90 Å². The molecular formula is C24H33N3O4S. The first-order chi connectivity index (χ1) is 15.3. The molecule has 174 valence electrons. The number of ether oxygens (including phenoxy) is 1. The maximum atomic E-state index is 11.6. The van der Waals surface area contributed by atoms with Crippen LogP contribution in [0, 0.1) is 5.92 Å². The fraction of sp³-hybridized carbons (Fsp3) is 0.583. The maximum Gasteiger partial charge on any atom is 0.324 e. The molecule has 1 saturated heterocycles. The molecule has 1 unspecified atom stereocenters. The summed E-state index contributed by atoms with van der Waals surface area (Å²) in [6.45, 7) is 6.77. The second-order valence-corrected chi connectivity index (χ2v) is 11.3. The fourth-order valence-corrected chi connectivity index (χ4v) is 4.92. The summed E-state index contributed by atoms with van der Waals surface area (Å²) in [5.74, 6) is 1.60. The van der Waals surface area contributed by atoms with Crippen molar-refractivity contribution in [2.75, 3.05) is 30.9 Å². The van der Waals surface area contributed by atoms with Gasteiger partial charge >= 0.3 is 6.01 Å². The predicted molar refractivity (Wildman–Crippen MR) is 124 cm³/mol. The van der Waals surface area contributed by atoms with Crippen molar-refractivity contribution < 1.29 is 17.7 Å². The summed E-state index contributed by atoms with van der Waals surface area (Å²) in [6.07, 6.45) is 8.74. The van der Waals surface area contributed by atoms with Gasteiger partial charge in [0.1, 0.15) is 0 Å². The van der Waals surface area contributed by atoms with E-state index in [1.807, 2.05) is 12.1 Å². The molecule has 0 amide bonds. The van der Waals surface area contributed by atoms with Crippen molar-refractivity contribution in [3.8, 4) is 0 Å². The van der Waals surface area contributed by atoms with Crippen molar-refractivity contribution in [2.45, 2.75) is 62.9 Å². The van der Waals surface area contributed by atoms with Crippen LogP contribution in [-0.2, 0) is 14.6 Å². The van der Waals surface area contributed by atoms with Crippen LogP contribution in [0.15, 0.2) is 39.8 Å². The number of allylic oxidation sites excluding steroid dienone is 1. The Balaban J connectivity index is 1.22. The summed E-state index contributed by atoms with van der Waals surface area (Å²) in [7, 11) is -3.15. The van der Waals surface area contributed by atoms with Gasteiger partial charge in [-0.3, -0.25) is 0 Å². The van der Waals surface area contributed by atoms with Crippen molar-refractivity contribution in [1.82, 2.24) is 10.1 Å². The van der Waals surface area contributed by atoms with Crippen molar-refractivity contribution in [2.24, 2.45) is 5.92 Å². The van der Waals surface area contributed by atoms with Crippen LogP contribution in [0.5, 0.6) is 0 Å². The minimum absolute atomic E-state index is 0.261. The molecule has 1 aromatic carbocycles. The van der Waals surface area contributed by atoms with Crippen LogP contribution in [0.25, 0.3) is 5.57 Å². The van der Waals surface area contributed by atoms with E-state index in [4.69, 9.17) is 9.26 Å². The molecule has 1 aliphatic carbocycles. The molecule has 8 heteroatoms. The second kappa shape index (κ2) is 9.75. The predicted octanol–water partition coefficient (Wildman–Crippen LogP) is 4.47. The summed E-state index contributed by atoms with van der Waals surface area (Å²) >= 11 is 0. The first-order valence-corrected chi connectivity index (χ1v) is 13.4. The minimum atomic E-state index is -3.15. The van der Waals surface area contributed by atoms with Crippen molar-refractivity contribution >= 4 is 21.4 Å². The van der Waals surface area contributed by atoms with Crippen LogP contribution in [0.2, 0.25) is 0 Å². The first-order valence-electron chi connectivity index (χ1n) is 11.5. The fourth-order valence-electron chi connectivity index (χ4n) is 4.29. The third-order valence-corrected chi connectivity index (χ3v) is 7.54. The highest BCUT2D eigenvalue weighted by Gasteiger charge is 2.25. The van der Waals surface area contributed by atoms with E-state index in [-0.39, 0.29) is 12.0 Å². The van der Waals surface area contributed by atoms with Crippen molar-refractivity contribution in [3.05, 3.63) is 41.7 Å². The number of anilines is 1. The van der Waals surface area contributed by atoms with Gasteiger partial charge in [-0.2, -0.15) is 4.98 Å². The van der Waals surface area contributed by atoms with E-state index >= 15 is 0 Å². The molecule has 2 aromatic rings. The van der Waals surface area contributed by atoms with Gasteiger partial charge < -0.3 is 14.2 Å². The molecule has 0 saturated carbocycles. The lowest BCUT2D eigenvalue weighted by atomic mass is 9.92. The van der Waals surface area contributed by atoms with Gasteiger partial charge in [0, 0.05) is 31.9 Å². The van der Waals surface area contributed by atoms with E-state index < -0.39 is 9.84 Å². The highest BCUT2D eigenvalue weighted by molar-refractivity contribution is 7.90. The summed E-state index contributed by atoms with van der Waals surface area (Å²) in [5.41, 5.74) is 2.38. The molecule has 1 fully saturated rings. The molecule has 1 atom stereocenters. The molecule has 2 heterocycles. The third-order valence-electron chi connectivity index (χ3n) is 6.42. The van der Waals surface area contributed by atoms with Gasteiger partial charge in [-0.15, -0.1) is 0 Å². The lowest BCUT2D eigenvalue weighted by Crippen LogP contribution is -2.36. The average molecular weight is 460 g/mol. The maximum absolute atomic E-state index is 11.6. The zero-order chi connectivity index (χ0) is 22.7. The largest absolute Gasteiger partial charge is 0.378 e.